The van der Waals surface area contributed by atoms with Crippen molar-refractivity contribution in [3.63, 3.8) is 0 Å². The molecule has 0 N–H and O–H groups in total. The smallest absolute Gasteiger partial charge is 0.336 e. The number of nitrogens with zero attached hydrogens (tertiary/aromatic N) is 2. The van der Waals surface area contributed by atoms with E-state index in [-0.39, 0.29) is 42.7 Å². The van der Waals surface area contributed by atoms with Gasteiger partial charge in [0.05, 0.1) is 10.6 Å². The van der Waals surface area contributed by atoms with E-state index in [2.05, 4.69) is 0 Å². The molecular formula is C18H15ClF4N2O3S. The minimum atomic E-state index is -4.71. The van der Waals surface area contributed by atoms with Crippen molar-refractivity contribution in [2.75, 3.05) is 26.2 Å². The third kappa shape index (κ3) is 4.54. The predicted molar refractivity (Wildman–Crippen MR) is 97.5 cm³/mol. The van der Waals surface area contributed by atoms with E-state index in [9.17, 15) is 30.8 Å². The van der Waals surface area contributed by atoms with Crippen molar-refractivity contribution < 1.29 is 30.8 Å². The molecule has 29 heavy (non-hydrogen) atoms. The van der Waals surface area contributed by atoms with Crippen LogP contribution >= 0.6 is 11.6 Å². The third-order valence-electron chi connectivity index (χ3n) is 4.49. The Balaban J connectivity index is 1.76. The molecule has 0 aromatic heterocycles. The average Bonchev–Trinajstić information content (AvgIpc) is 2.67. The minimum absolute atomic E-state index is 0.0338. The lowest BCUT2D eigenvalue weighted by atomic mass is 10.2. The zero-order valence-electron chi connectivity index (χ0n) is 14.8. The normalized spacial score (nSPS) is 16.1. The van der Waals surface area contributed by atoms with E-state index in [1.807, 2.05) is 0 Å². The Labute approximate surface area is 169 Å². The van der Waals surface area contributed by atoms with Crippen molar-refractivity contribution in [1.82, 2.24) is 9.21 Å². The van der Waals surface area contributed by atoms with Crippen molar-refractivity contribution in [1.29, 1.82) is 0 Å². The van der Waals surface area contributed by atoms with Gasteiger partial charge < -0.3 is 4.90 Å². The molecule has 2 aromatic rings. The molecule has 0 unspecified atom stereocenters. The van der Waals surface area contributed by atoms with Crippen LogP contribution in [-0.2, 0) is 16.2 Å². The second kappa shape index (κ2) is 7.92. The lowest BCUT2D eigenvalue weighted by Gasteiger charge is -2.34. The van der Waals surface area contributed by atoms with Gasteiger partial charge in [0.1, 0.15) is 10.7 Å². The molecule has 0 spiro atoms. The summed E-state index contributed by atoms with van der Waals surface area (Å²) in [4.78, 5) is 13.2. The Hall–Kier alpha value is -2.17. The topological polar surface area (TPSA) is 57.7 Å². The second-order valence-corrected chi connectivity index (χ2v) is 8.66. The molecule has 11 heteroatoms. The van der Waals surface area contributed by atoms with E-state index in [1.165, 1.54) is 17.0 Å². The number of sulfonamides is 1. The Kier molecular flexibility index (Phi) is 5.88. The van der Waals surface area contributed by atoms with Crippen LogP contribution in [0.4, 0.5) is 17.6 Å². The van der Waals surface area contributed by atoms with E-state index < -0.39 is 32.5 Å². The SMILES string of the molecule is O=C(c1ccc(F)cc1)N1CCN(S(=O)(=O)c2cc(C(F)(F)F)ccc2Cl)CC1. The highest BCUT2D eigenvalue weighted by Crippen LogP contribution is 2.34. The van der Waals surface area contributed by atoms with Crippen LogP contribution in [-0.4, -0.2) is 49.7 Å². The zero-order chi connectivity index (χ0) is 21.4. The summed E-state index contributed by atoms with van der Waals surface area (Å²) in [5.41, 5.74) is -0.866. The Morgan fingerprint density at radius 3 is 2.10 bits per heavy atom. The number of carbonyl (C=O) groups excluding carboxylic acids is 1. The summed E-state index contributed by atoms with van der Waals surface area (Å²) in [6.07, 6.45) is -4.71. The number of benzene rings is 2. The average molecular weight is 451 g/mol. The minimum Gasteiger partial charge on any atom is -0.336 e. The number of halogens is 5. The fourth-order valence-electron chi connectivity index (χ4n) is 2.92. The van der Waals surface area contributed by atoms with Gasteiger partial charge >= 0.3 is 6.18 Å². The van der Waals surface area contributed by atoms with Gasteiger partial charge in [0.25, 0.3) is 5.91 Å². The fourth-order valence-corrected chi connectivity index (χ4v) is 4.85. The van der Waals surface area contributed by atoms with E-state index in [0.717, 1.165) is 22.5 Å². The summed E-state index contributed by atoms with van der Waals surface area (Å²) in [6.45, 7) is -0.151. The predicted octanol–water partition coefficient (Wildman–Crippen LogP) is 3.64. The summed E-state index contributed by atoms with van der Waals surface area (Å²) in [5.74, 6) is -0.880. The molecule has 0 bridgehead atoms. The molecule has 0 atom stereocenters. The summed E-state index contributed by atoms with van der Waals surface area (Å²) in [7, 11) is -4.28. The molecular weight excluding hydrogens is 436 g/mol. The van der Waals surface area contributed by atoms with Gasteiger partial charge in [-0.25, -0.2) is 12.8 Å². The van der Waals surface area contributed by atoms with Crippen LogP contribution < -0.4 is 0 Å². The molecule has 0 aliphatic carbocycles. The molecule has 1 amide bonds. The van der Waals surface area contributed by atoms with Gasteiger partial charge in [0.2, 0.25) is 10.0 Å². The highest BCUT2D eigenvalue weighted by Gasteiger charge is 2.36. The van der Waals surface area contributed by atoms with Crippen LogP contribution in [0.25, 0.3) is 0 Å². The zero-order valence-corrected chi connectivity index (χ0v) is 16.4. The molecule has 3 rings (SSSR count). The maximum atomic E-state index is 13.0. The Bertz CT molecular complexity index is 1020. The number of rotatable bonds is 3. The lowest BCUT2D eigenvalue weighted by Crippen LogP contribution is -2.50. The van der Waals surface area contributed by atoms with Gasteiger partial charge in [-0.05, 0) is 42.5 Å². The van der Waals surface area contributed by atoms with Gasteiger partial charge in [-0.2, -0.15) is 17.5 Å². The van der Waals surface area contributed by atoms with Crippen molar-refractivity contribution >= 4 is 27.5 Å². The van der Waals surface area contributed by atoms with Gasteiger partial charge in [-0.3, -0.25) is 4.79 Å². The summed E-state index contributed by atoms with van der Waals surface area (Å²) in [6, 6.07) is 7.04. The van der Waals surface area contributed by atoms with E-state index in [0.29, 0.717) is 12.1 Å². The van der Waals surface area contributed by atoms with E-state index in [1.54, 1.807) is 0 Å². The quantitative estimate of drug-likeness (QED) is 0.671. The summed E-state index contributed by atoms with van der Waals surface area (Å²) in [5, 5.41) is -0.317. The van der Waals surface area contributed by atoms with Gasteiger partial charge in [-0.15, -0.1) is 0 Å². The largest absolute Gasteiger partial charge is 0.416 e. The molecule has 2 aromatic carbocycles. The van der Waals surface area contributed by atoms with Crippen molar-refractivity contribution in [2.24, 2.45) is 0 Å². The molecule has 1 aliphatic rings. The second-order valence-electron chi connectivity index (χ2n) is 6.35. The highest BCUT2D eigenvalue weighted by molar-refractivity contribution is 7.89. The Morgan fingerprint density at radius 1 is 0.966 bits per heavy atom. The third-order valence-corrected chi connectivity index (χ3v) is 6.87. The highest BCUT2D eigenvalue weighted by atomic mass is 35.5. The van der Waals surface area contributed by atoms with Crippen LogP contribution in [0.5, 0.6) is 0 Å². The van der Waals surface area contributed by atoms with Crippen LogP contribution in [0.15, 0.2) is 47.4 Å². The fraction of sp³-hybridized carbons (Fsp3) is 0.278. The number of alkyl halides is 3. The van der Waals surface area contributed by atoms with Crippen molar-refractivity contribution in [2.45, 2.75) is 11.1 Å². The first-order valence-electron chi connectivity index (χ1n) is 8.42. The first-order chi connectivity index (χ1) is 13.5. The van der Waals surface area contributed by atoms with Gasteiger partial charge in [0, 0.05) is 31.7 Å². The molecule has 1 fully saturated rings. The first-order valence-corrected chi connectivity index (χ1v) is 10.2. The van der Waals surface area contributed by atoms with Gasteiger partial charge in [0.15, 0.2) is 0 Å². The summed E-state index contributed by atoms with van der Waals surface area (Å²) >= 11 is 5.85. The number of amides is 1. The van der Waals surface area contributed by atoms with Crippen molar-refractivity contribution in [3.8, 4) is 0 Å². The molecule has 1 aliphatic heterocycles. The molecule has 1 saturated heterocycles. The van der Waals surface area contributed by atoms with Crippen LogP contribution in [0.1, 0.15) is 15.9 Å². The van der Waals surface area contributed by atoms with Crippen LogP contribution in [0.3, 0.4) is 0 Å². The molecule has 1 heterocycles. The lowest BCUT2D eigenvalue weighted by molar-refractivity contribution is -0.137. The molecule has 0 radical (unpaired) electrons. The monoisotopic (exact) mass is 450 g/mol. The van der Waals surface area contributed by atoms with E-state index in [4.69, 9.17) is 11.6 Å². The number of hydrogen-bond acceptors (Lipinski definition) is 3. The number of piperazine rings is 1. The van der Waals surface area contributed by atoms with E-state index >= 15 is 0 Å². The van der Waals surface area contributed by atoms with Crippen molar-refractivity contribution in [3.05, 3.63) is 64.4 Å². The number of carbonyl (C=O) groups is 1. The first kappa shape index (κ1) is 21.5. The van der Waals surface area contributed by atoms with Crippen LogP contribution in [0, 0.1) is 5.82 Å². The maximum absolute atomic E-state index is 13.0. The molecule has 0 saturated carbocycles. The van der Waals surface area contributed by atoms with Gasteiger partial charge in [-0.1, -0.05) is 11.6 Å². The standard InChI is InChI=1S/C18H15ClF4N2O3S/c19-15-6-3-13(18(21,22)23)11-16(15)29(27,28)25-9-7-24(8-10-25)17(26)12-1-4-14(20)5-2-12/h1-6,11H,7-10H2. The number of hydrogen-bond donors (Lipinski definition) is 0. The Morgan fingerprint density at radius 2 is 1.55 bits per heavy atom. The molecule has 5 nitrogen and oxygen atoms in total. The van der Waals surface area contributed by atoms with Crippen LogP contribution in [0.2, 0.25) is 5.02 Å². The molecule has 156 valence electrons. The summed E-state index contributed by atoms with van der Waals surface area (Å²) < 4.78 is 78.4. The maximum Gasteiger partial charge on any atom is 0.416 e.